The van der Waals surface area contributed by atoms with Gasteiger partial charge in [-0.2, -0.15) is 5.26 Å². The predicted octanol–water partition coefficient (Wildman–Crippen LogP) is 2.26. The van der Waals surface area contributed by atoms with Gasteiger partial charge in [0.15, 0.2) is 0 Å². The first-order chi connectivity index (χ1) is 9.19. The molecule has 3 N–H and O–H groups in total. The molecule has 0 saturated carbocycles. The lowest BCUT2D eigenvalue weighted by Gasteiger charge is -2.07. The highest BCUT2D eigenvalue weighted by molar-refractivity contribution is 5.39. The first kappa shape index (κ1) is 12.9. The molecule has 2 aromatic rings. The van der Waals surface area contributed by atoms with Crippen molar-refractivity contribution in [1.29, 1.82) is 5.26 Å². The van der Waals surface area contributed by atoms with E-state index in [2.05, 4.69) is 11.4 Å². The second kappa shape index (κ2) is 5.89. The molecule has 96 valence electrons. The van der Waals surface area contributed by atoms with Crippen LogP contribution in [-0.4, -0.2) is 10.2 Å². The van der Waals surface area contributed by atoms with Crippen LogP contribution in [-0.2, 0) is 13.1 Å². The van der Waals surface area contributed by atoms with Crippen LogP contribution in [0.2, 0.25) is 0 Å². The van der Waals surface area contributed by atoms with Crippen LogP contribution in [0.4, 0.5) is 0 Å². The molecular formula is C15H14N2O2. The van der Waals surface area contributed by atoms with Crippen molar-refractivity contribution in [2.24, 2.45) is 0 Å². The second-order valence-corrected chi connectivity index (χ2v) is 4.23. The van der Waals surface area contributed by atoms with Crippen molar-refractivity contribution in [3.63, 3.8) is 0 Å². The standard InChI is InChI=1S/C15H14N2O2/c16-8-11-2-1-3-12(6-11)9-17-10-13-4-5-14(18)7-15(13)19/h1-7,17-19H,9-10H2. The van der Waals surface area contributed by atoms with E-state index in [0.717, 1.165) is 5.56 Å². The highest BCUT2D eigenvalue weighted by Gasteiger charge is 2.02. The summed E-state index contributed by atoms with van der Waals surface area (Å²) in [7, 11) is 0. The minimum atomic E-state index is 0.0444. The van der Waals surface area contributed by atoms with E-state index in [4.69, 9.17) is 5.26 Å². The topological polar surface area (TPSA) is 76.3 Å². The van der Waals surface area contributed by atoms with Gasteiger partial charge in [0, 0.05) is 24.7 Å². The molecule has 0 heterocycles. The van der Waals surface area contributed by atoms with Gasteiger partial charge in [0.2, 0.25) is 0 Å². The lowest BCUT2D eigenvalue weighted by Crippen LogP contribution is -2.12. The minimum absolute atomic E-state index is 0.0444. The predicted molar refractivity (Wildman–Crippen MR) is 71.5 cm³/mol. The van der Waals surface area contributed by atoms with Crippen molar-refractivity contribution in [3.05, 3.63) is 59.2 Å². The van der Waals surface area contributed by atoms with Gasteiger partial charge in [-0.1, -0.05) is 18.2 Å². The van der Waals surface area contributed by atoms with Crippen LogP contribution in [0.25, 0.3) is 0 Å². The molecule has 0 aromatic heterocycles. The maximum absolute atomic E-state index is 9.63. The smallest absolute Gasteiger partial charge is 0.123 e. The van der Waals surface area contributed by atoms with Gasteiger partial charge in [-0.05, 0) is 23.8 Å². The van der Waals surface area contributed by atoms with E-state index >= 15 is 0 Å². The van der Waals surface area contributed by atoms with E-state index in [9.17, 15) is 10.2 Å². The molecule has 0 unspecified atom stereocenters. The van der Waals surface area contributed by atoms with Gasteiger partial charge in [0.1, 0.15) is 11.5 Å². The third-order valence-electron chi connectivity index (χ3n) is 2.77. The number of hydrogen-bond donors (Lipinski definition) is 3. The molecule has 0 fully saturated rings. The maximum atomic E-state index is 9.63. The van der Waals surface area contributed by atoms with Gasteiger partial charge in [-0.25, -0.2) is 0 Å². The van der Waals surface area contributed by atoms with Gasteiger partial charge in [0.05, 0.1) is 11.6 Å². The van der Waals surface area contributed by atoms with Crippen LogP contribution in [0.5, 0.6) is 11.5 Å². The Morgan fingerprint density at radius 2 is 1.89 bits per heavy atom. The lowest BCUT2D eigenvalue weighted by atomic mass is 10.1. The van der Waals surface area contributed by atoms with E-state index in [1.807, 2.05) is 18.2 Å². The maximum Gasteiger partial charge on any atom is 0.123 e. The second-order valence-electron chi connectivity index (χ2n) is 4.23. The van der Waals surface area contributed by atoms with Crippen LogP contribution in [0.3, 0.4) is 0 Å². The number of aromatic hydroxyl groups is 2. The number of benzene rings is 2. The molecule has 0 bridgehead atoms. The molecule has 19 heavy (non-hydrogen) atoms. The third kappa shape index (κ3) is 3.47. The quantitative estimate of drug-likeness (QED) is 0.782. The van der Waals surface area contributed by atoms with Gasteiger partial charge >= 0.3 is 0 Å². The largest absolute Gasteiger partial charge is 0.508 e. The van der Waals surface area contributed by atoms with Crippen molar-refractivity contribution in [2.45, 2.75) is 13.1 Å². The minimum Gasteiger partial charge on any atom is -0.508 e. The zero-order chi connectivity index (χ0) is 13.7. The zero-order valence-electron chi connectivity index (χ0n) is 10.3. The first-order valence-corrected chi connectivity index (χ1v) is 5.89. The summed E-state index contributed by atoms with van der Waals surface area (Å²) < 4.78 is 0. The van der Waals surface area contributed by atoms with E-state index in [1.165, 1.54) is 12.1 Å². The molecule has 0 saturated heterocycles. The van der Waals surface area contributed by atoms with Crippen LogP contribution in [0.1, 0.15) is 16.7 Å². The SMILES string of the molecule is N#Cc1cccc(CNCc2ccc(O)cc2O)c1. The Labute approximate surface area is 111 Å². The molecule has 0 spiro atoms. The van der Waals surface area contributed by atoms with Gasteiger partial charge in [0.25, 0.3) is 0 Å². The summed E-state index contributed by atoms with van der Waals surface area (Å²) in [4.78, 5) is 0. The average Bonchev–Trinajstić information content (AvgIpc) is 2.41. The zero-order valence-corrected chi connectivity index (χ0v) is 10.3. The Hall–Kier alpha value is -2.51. The molecule has 0 amide bonds. The normalized spacial score (nSPS) is 10.1. The van der Waals surface area contributed by atoms with Crippen LogP contribution in [0.15, 0.2) is 42.5 Å². The van der Waals surface area contributed by atoms with E-state index < -0.39 is 0 Å². The summed E-state index contributed by atoms with van der Waals surface area (Å²) in [5.74, 6) is 0.112. The van der Waals surface area contributed by atoms with Crippen molar-refractivity contribution in [1.82, 2.24) is 5.32 Å². The van der Waals surface area contributed by atoms with Crippen LogP contribution < -0.4 is 5.32 Å². The Balaban J connectivity index is 1.94. The summed E-state index contributed by atoms with van der Waals surface area (Å²) in [5, 5.41) is 30.8. The molecule has 0 aliphatic rings. The van der Waals surface area contributed by atoms with Gasteiger partial charge < -0.3 is 15.5 Å². The lowest BCUT2D eigenvalue weighted by molar-refractivity contribution is 0.443. The van der Waals surface area contributed by atoms with Gasteiger partial charge in [-0.3, -0.25) is 0 Å². The summed E-state index contributed by atoms with van der Waals surface area (Å²) in [6.45, 7) is 1.10. The van der Waals surface area contributed by atoms with Gasteiger partial charge in [-0.15, -0.1) is 0 Å². The van der Waals surface area contributed by atoms with Crippen LogP contribution in [0, 0.1) is 11.3 Å². The van der Waals surface area contributed by atoms with Crippen molar-refractivity contribution in [3.8, 4) is 17.6 Å². The van der Waals surface area contributed by atoms with Crippen molar-refractivity contribution < 1.29 is 10.2 Å². The third-order valence-corrected chi connectivity index (χ3v) is 2.77. The molecule has 4 heteroatoms. The fraction of sp³-hybridized carbons (Fsp3) is 0.133. The Kier molecular flexibility index (Phi) is 4.01. The summed E-state index contributed by atoms with van der Waals surface area (Å²) in [5.41, 5.74) is 2.36. The molecular weight excluding hydrogens is 240 g/mol. The number of nitrogens with zero attached hydrogens (tertiary/aromatic N) is 1. The molecule has 0 radical (unpaired) electrons. The summed E-state index contributed by atoms with van der Waals surface area (Å²) in [6, 6.07) is 14.0. The summed E-state index contributed by atoms with van der Waals surface area (Å²) in [6.07, 6.45) is 0. The number of hydrogen-bond acceptors (Lipinski definition) is 4. The van der Waals surface area contributed by atoms with Crippen molar-refractivity contribution >= 4 is 0 Å². The Bertz CT molecular complexity index is 618. The fourth-order valence-corrected chi connectivity index (χ4v) is 1.79. The van der Waals surface area contributed by atoms with E-state index in [1.54, 1.807) is 12.1 Å². The number of nitriles is 1. The average molecular weight is 254 g/mol. The Morgan fingerprint density at radius 1 is 1.05 bits per heavy atom. The van der Waals surface area contributed by atoms with Crippen molar-refractivity contribution in [2.75, 3.05) is 0 Å². The summed E-state index contributed by atoms with van der Waals surface area (Å²) >= 11 is 0. The molecule has 2 rings (SSSR count). The van der Waals surface area contributed by atoms with E-state index in [-0.39, 0.29) is 11.5 Å². The molecule has 4 nitrogen and oxygen atoms in total. The number of phenolic OH excluding ortho intramolecular Hbond substituents is 2. The molecule has 0 atom stereocenters. The number of nitrogens with one attached hydrogen (secondary N) is 1. The highest BCUT2D eigenvalue weighted by Crippen LogP contribution is 2.22. The first-order valence-electron chi connectivity index (χ1n) is 5.89. The Morgan fingerprint density at radius 3 is 2.63 bits per heavy atom. The number of phenols is 2. The van der Waals surface area contributed by atoms with E-state index in [0.29, 0.717) is 24.2 Å². The highest BCUT2D eigenvalue weighted by atomic mass is 16.3. The molecule has 0 aliphatic heterocycles. The fourth-order valence-electron chi connectivity index (χ4n) is 1.79. The van der Waals surface area contributed by atoms with Crippen LogP contribution >= 0.6 is 0 Å². The number of rotatable bonds is 4. The molecule has 0 aliphatic carbocycles. The molecule has 2 aromatic carbocycles. The monoisotopic (exact) mass is 254 g/mol.